The third-order valence-electron chi connectivity index (χ3n) is 3.66. The average molecular weight is 296 g/mol. The van der Waals surface area contributed by atoms with Crippen molar-refractivity contribution in [2.24, 2.45) is 0 Å². The van der Waals surface area contributed by atoms with Crippen molar-refractivity contribution in [3.8, 4) is 0 Å². The van der Waals surface area contributed by atoms with Gasteiger partial charge in [0, 0.05) is 17.8 Å². The van der Waals surface area contributed by atoms with Crippen molar-refractivity contribution in [1.82, 2.24) is 5.32 Å². The highest BCUT2D eigenvalue weighted by atomic mass is 32.2. The number of carbonyl (C=O) groups excluding carboxylic acids is 1. The molecule has 0 radical (unpaired) electrons. The van der Waals surface area contributed by atoms with Crippen LogP contribution in [0.25, 0.3) is 0 Å². The van der Waals surface area contributed by atoms with Crippen LogP contribution in [0.4, 0.5) is 10.1 Å². The van der Waals surface area contributed by atoms with E-state index in [-0.39, 0.29) is 17.8 Å². The number of amides is 1. The van der Waals surface area contributed by atoms with Crippen LogP contribution in [-0.2, 0) is 0 Å². The van der Waals surface area contributed by atoms with E-state index in [1.165, 1.54) is 6.07 Å². The molecule has 1 aromatic carbocycles. The summed E-state index contributed by atoms with van der Waals surface area (Å²) in [6.45, 7) is 2.47. The highest BCUT2D eigenvalue weighted by molar-refractivity contribution is 7.99. The summed E-state index contributed by atoms with van der Waals surface area (Å²) in [5.41, 5.74) is 0.686. The molecule has 1 fully saturated rings. The number of rotatable bonds is 5. The minimum absolute atomic E-state index is 0.188. The van der Waals surface area contributed by atoms with Gasteiger partial charge in [-0.3, -0.25) is 4.79 Å². The van der Waals surface area contributed by atoms with Crippen molar-refractivity contribution in [2.75, 3.05) is 18.1 Å². The SMILES string of the molecule is CCNc1c(F)cccc1C(=O)NC1CCC(SC)C1. The molecule has 0 saturated heterocycles. The molecule has 20 heavy (non-hydrogen) atoms. The Morgan fingerprint density at radius 1 is 1.45 bits per heavy atom. The number of anilines is 1. The lowest BCUT2D eigenvalue weighted by atomic mass is 10.1. The number of halogens is 1. The maximum Gasteiger partial charge on any atom is 0.253 e. The third-order valence-corrected chi connectivity index (χ3v) is 4.76. The molecule has 3 nitrogen and oxygen atoms in total. The molecule has 5 heteroatoms. The fraction of sp³-hybridized carbons (Fsp3) is 0.533. The summed E-state index contributed by atoms with van der Waals surface area (Å²) in [4.78, 5) is 12.3. The van der Waals surface area contributed by atoms with E-state index in [9.17, 15) is 9.18 Å². The molecular weight excluding hydrogens is 275 g/mol. The number of benzene rings is 1. The van der Waals surface area contributed by atoms with Crippen LogP contribution in [0.15, 0.2) is 18.2 Å². The smallest absolute Gasteiger partial charge is 0.253 e. The minimum Gasteiger partial charge on any atom is -0.382 e. The maximum atomic E-state index is 13.8. The van der Waals surface area contributed by atoms with Gasteiger partial charge in [-0.15, -0.1) is 0 Å². The first-order valence-electron chi connectivity index (χ1n) is 7.01. The van der Waals surface area contributed by atoms with E-state index in [4.69, 9.17) is 0 Å². The zero-order chi connectivity index (χ0) is 14.5. The summed E-state index contributed by atoms with van der Waals surface area (Å²) in [6.07, 6.45) is 5.24. The number of para-hydroxylation sites is 1. The van der Waals surface area contributed by atoms with Gasteiger partial charge < -0.3 is 10.6 Å². The zero-order valence-electron chi connectivity index (χ0n) is 11.9. The van der Waals surface area contributed by atoms with E-state index in [2.05, 4.69) is 16.9 Å². The summed E-state index contributed by atoms with van der Waals surface area (Å²) in [6, 6.07) is 4.81. The first-order chi connectivity index (χ1) is 9.65. The topological polar surface area (TPSA) is 41.1 Å². The zero-order valence-corrected chi connectivity index (χ0v) is 12.7. The Hall–Kier alpha value is -1.23. The lowest BCUT2D eigenvalue weighted by Crippen LogP contribution is -2.33. The minimum atomic E-state index is -0.382. The molecule has 1 amide bonds. The first kappa shape index (κ1) is 15.2. The van der Waals surface area contributed by atoms with E-state index < -0.39 is 0 Å². The van der Waals surface area contributed by atoms with Crippen molar-refractivity contribution >= 4 is 23.4 Å². The molecule has 0 spiro atoms. The Labute approximate surface area is 123 Å². The lowest BCUT2D eigenvalue weighted by molar-refractivity contribution is 0.0938. The molecule has 0 aliphatic heterocycles. The molecule has 0 heterocycles. The van der Waals surface area contributed by atoms with Crippen LogP contribution in [-0.4, -0.2) is 30.0 Å². The van der Waals surface area contributed by atoms with Crippen molar-refractivity contribution in [3.63, 3.8) is 0 Å². The Morgan fingerprint density at radius 2 is 2.25 bits per heavy atom. The molecule has 1 aliphatic carbocycles. The fourth-order valence-corrected chi connectivity index (χ4v) is 3.41. The lowest BCUT2D eigenvalue weighted by Gasteiger charge is -2.16. The molecule has 110 valence electrons. The first-order valence-corrected chi connectivity index (χ1v) is 8.30. The van der Waals surface area contributed by atoms with E-state index in [0.717, 1.165) is 19.3 Å². The van der Waals surface area contributed by atoms with Crippen LogP contribution in [0, 0.1) is 5.82 Å². The van der Waals surface area contributed by atoms with Gasteiger partial charge in [-0.25, -0.2) is 4.39 Å². The second-order valence-electron chi connectivity index (χ2n) is 5.03. The Bertz CT molecular complexity index is 481. The maximum absolute atomic E-state index is 13.8. The second kappa shape index (κ2) is 6.97. The van der Waals surface area contributed by atoms with Gasteiger partial charge in [0.05, 0.1) is 11.3 Å². The predicted octanol–water partition coefficient (Wildman–Crippen LogP) is 3.27. The van der Waals surface area contributed by atoms with Gasteiger partial charge in [0.25, 0.3) is 5.91 Å². The largest absolute Gasteiger partial charge is 0.382 e. The van der Waals surface area contributed by atoms with Crippen LogP contribution in [0.5, 0.6) is 0 Å². The molecule has 0 bridgehead atoms. The Kier molecular flexibility index (Phi) is 5.29. The monoisotopic (exact) mass is 296 g/mol. The molecule has 1 saturated carbocycles. The fourth-order valence-electron chi connectivity index (χ4n) is 2.62. The number of nitrogens with one attached hydrogen (secondary N) is 2. The van der Waals surface area contributed by atoms with Gasteiger partial charge in [-0.1, -0.05) is 6.07 Å². The molecule has 2 atom stereocenters. The van der Waals surface area contributed by atoms with Crippen molar-refractivity contribution < 1.29 is 9.18 Å². The number of thioether (sulfide) groups is 1. The third kappa shape index (κ3) is 3.45. The van der Waals surface area contributed by atoms with Crippen LogP contribution < -0.4 is 10.6 Å². The van der Waals surface area contributed by atoms with Crippen molar-refractivity contribution in [2.45, 2.75) is 37.5 Å². The van der Waals surface area contributed by atoms with Gasteiger partial charge >= 0.3 is 0 Å². The molecule has 1 aliphatic rings. The normalized spacial score (nSPS) is 21.8. The average Bonchev–Trinajstić information content (AvgIpc) is 2.88. The molecule has 2 rings (SSSR count). The summed E-state index contributed by atoms with van der Waals surface area (Å²) >= 11 is 1.85. The predicted molar refractivity (Wildman–Crippen MR) is 83.0 cm³/mol. The van der Waals surface area contributed by atoms with E-state index >= 15 is 0 Å². The summed E-state index contributed by atoms with van der Waals surface area (Å²) in [5.74, 6) is -0.569. The van der Waals surface area contributed by atoms with Crippen LogP contribution >= 0.6 is 11.8 Å². The Morgan fingerprint density at radius 3 is 2.90 bits per heavy atom. The van der Waals surface area contributed by atoms with Crippen LogP contribution in [0.3, 0.4) is 0 Å². The molecular formula is C15H21FN2OS. The van der Waals surface area contributed by atoms with Gasteiger partial charge in [0.15, 0.2) is 0 Å². The van der Waals surface area contributed by atoms with E-state index in [0.29, 0.717) is 23.0 Å². The Balaban J connectivity index is 2.08. The molecule has 2 N–H and O–H groups in total. The van der Waals surface area contributed by atoms with Gasteiger partial charge in [-0.05, 0) is 44.6 Å². The van der Waals surface area contributed by atoms with Gasteiger partial charge in [0.2, 0.25) is 0 Å². The molecule has 0 aromatic heterocycles. The number of hydrogen-bond acceptors (Lipinski definition) is 3. The van der Waals surface area contributed by atoms with E-state index in [1.807, 2.05) is 18.7 Å². The number of carbonyl (C=O) groups is 1. The quantitative estimate of drug-likeness (QED) is 0.876. The van der Waals surface area contributed by atoms with Crippen LogP contribution in [0.1, 0.15) is 36.5 Å². The second-order valence-corrected chi connectivity index (χ2v) is 6.17. The summed E-state index contributed by atoms with van der Waals surface area (Å²) in [5, 5.41) is 6.58. The highest BCUT2D eigenvalue weighted by Crippen LogP contribution is 2.28. The molecule has 1 aromatic rings. The summed E-state index contributed by atoms with van der Waals surface area (Å²) in [7, 11) is 0. The highest BCUT2D eigenvalue weighted by Gasteiger charge is 2.26. The van der Waals surface area contributed by atoms with Crippen molar-refractivity contribution in [1.29, 1.82) is 0 Å². The standard InChI is InChI=1S/C15H21FN2OS/c1-3-17-14-12(5-4-6-13(14)16)15(19)18-10-7-8-11(9-10)20-2/h4-6,10-11,17H,3,7-9H2,1-2H3,(H,18,19). The van der Waals surface area contributed by atoms with Crippen molar-refractivity contribution in [3.05, 3.63) is 29.6 Å². The van der Waals surface area contributed by atoms with Crippen LogP contribution in [0.2, 0.25) is 0 Å². The van der Waals surface area contributed by atoms with Gasteiger partial charge in [-0.2, -0.15) is 11.8 Å². The molecule has 2 unspecified atom stereocenters. The van der Waals surface area contributed by atoms with Gasteiger partial charge in [0.1, 0.15) is 5.82 Å². The van der Waals surface area contributed by atoms with E-state index in [1.54, 1.807) is 12.1 Å². The summed E-state index contributed by atoms with van der Waals surface area (Å²) < 4.78 is 13.8. The number of hydrogen-bond donors (Lipinski definition) is 2.